The maximum absolute atomic E-state index is 12.8. The van der Waals surface area contributed by atoms with Crippen LogP contribution in [-0.2, 0) is 18.0 Å². The van der Waals surface area contributed by atoms with Gasteiger partial charge in [0.1, 0.15) is 36.4 Å². The fraction of sp³-hybridized carbons (Fsp3) is 0.0667. The molecule has 0 aromatic heterocycles. The minimum Gasteiger partial charge on any atom is -0.489 e. The molecule has 0 aliphatic rings. The van der Waals surface area contributed by atoms with Crippen molar-refractivity contribution in [3.63, 3.8) is 0 Å². The second-order valence-corrected chi connectivity index (χ2v) is 11.4. The van der Waals surface area contributed by atoms with Gasteiger partial charge in [0.15, 0.2) is 0 Å². The second kappa shape index (κ2) is 14.0. The lowest BCUT2D eigenvalue weighted by Crippen LogP contribution is -2.13. The lowest BCUT2D eigenvalue weighted by Gasteiger charge is -2.12. The van der Waals surface area contributed by atoms with Gasteiger partial charge in [0.05, 0.1) is 17.2 Å². The number of ether oxygens (including phenoxy) is 2. The summed E-state index contributed by atoms with van der Waals surface area (Å²) >= 11 is 16.4. The standard InChI is InChI=1S/C30H20Cl2I2N2O3/c31-25-11-6-20(13-26(25)32)18-39-29-27(33)14-21(15-28(29)34)12-22(16-35)30(37)36-23-7-9-24(10-8-23)38-17-19-4-2-1-3-5-19/h1-15H,17-18H2,(H,36,37)/b22-12+. The van der Waals surface area contributed by atoms with Gasteiger partial charge in [-0.05, 0) is 116 Å². The van der Waals surface area contributed by atoms with Crippen LogP contribution in [0.3, 0.4) is 0 Å². The number of rotatable bonds is 9. The molecule has 1 amide bonds. The third-order valence-corrected chi connectivity index (χ3v) is 7.77. The van der Waals surface area contributed by atoms with Crippen LogP contribution in [0.1, 0.15) is 16.7 Å². The minimum absolute atomic E-state index is 0.0181. The fourth-order valence-corrected chi connectivity index (χ4v) is 5.92. The predicted molar refractivity (Wildman–Crippen MR) is 172 cm³/mol. The molecule has 0 radical (unpaired) electrons. The molecule has 39 heavy (non-hydrogen) atoms. The highest BCUT2D eigenvalue weighted by atomic mass is 127. The van der Waals surface area contributed by atoms with Crippen molar-refractivity contribution in [1.82, 2.24) is 0 Å². The highest BCUT2D eigenvalue weighted by molar-refractivity contribution is 14.1. The number of halogens is 4. The van der Waals surface area contributed by atoms with Crippen molar-refractivity contribution in [2.24, 2.45) is 0 Å². The molecule has 4 aromatic carbocycles. The molecule has 9 heteroatoms. The number of nitrogens with zero attached hydrogens (tertiary/aromatic N) is 1. The summed E-state index contributed by atoms with van der Waals surface area (Å²) in [5, 5.41) is 13.4. The van der Waals surface area contributed by atoms with Gasteiger partial charge in [-0.3, -0.25) is 4.79 Å². The Morgan fingerprint density at radius 2 is 1.51 bits per heavy atom. The van der Waals surface area contributed by atoms with E-state index in [1.807, 2.05) is 54.6 Å². The number of hydrogen-bond donors (Lipinski definition) is 1. The van der Waals surface area contributed by atoms with E-state index in [1.54, 1.807) is 42.5 Å². The van der Waals surface area contributed by atoms with E-state index in [4.69, 9.17) is 32.7 Å². The Bertz CT molecular complexity index is 1530. The van der Waals surface area contributed by atoms with Crippen molar-refractivity contribution in [2.75, 3.05) is 5.32 Å². The molecule has 0 aliphatic carbocycles. The first-order valence-electron chi connectivity index (χ1n) is 11.6. The van der Waals surface area contributed by atoms with Crippen molar-refractivity contribution in [1.29, 1.82) is 5.26 Å². The molecule has 0 unspecified atom stereocenters. The Morgan fingerprint density at radius 3 is 2.15 bits per heavy atom. The monoisotopic (exact) mass is 780 g/mol. The van der Waals surface area contributed by atoms with Gasteiger partial charge in [-0.1, -0.05) is 59.6 Å². The molecule has 0 saturated heterocycles. The lowest BCUT2D eigenvalue weighted by atomic mass is 10.1. The molecular formula is C30H20Cl2I2N2O3. The van der Waals surface area contributed by atoms with Gasteiger partial charge in [0.2, 0.25) is 0 Å². The topological polar surface area (TPSA) is 71.3 Å². The van der Waals surface area contributed by atoms with E-state index in [2.05, 4.69) is 50.5 Å². The largest absolute Gasteiger partial charge is 0.489 e. The van der Waals surface area contributed by atoms with Crippen LogP contribution in [-0.4, -0.2) is 5.91 Å². The van der Waals surface area contributed by atoms with Gasteiger partial charge in [-0.25, -0.2) is 0 Å². The minimum atomic E-state index is -0.500. The third-order valence-electron chi connectivity index (χ3n) is 5.42. The number of carbonyl (C=O) groups excluding carboxylic acids is 1. The number of nitrogens with one attached hydrogen (secondary N) is 1. The van der Waals surface area contributed by atoms with Crippen molar-refractivity contribution in [3.8, 4) is 17.6 Å². The Balaban J connectivity index is 1.39. The Labute approximate surface area is 264 Å². The van der Waals surface area contributed by atoms with Crippen LogP contribution in [0.5, 0.6) is 11.5 Å². The van der Waals surface area contributed by atoms with E-state index in [1.165, 1.54) is 0 Å². The molecular weight excluding hydrogens is 761 g/mol. The van der Waals surface area contributed by atoms with Crippen LogP contribution in [0.25, 0.3) is 6.08 Å². The molecule has 5 nitrogen and oxygen atoms in total. The van der Waals surface area contributed by atoms with Gasteiger partial charge in [0, 0.05) is 5.69 Å². The number of carbonyl (C=O) groups is 1. The Morgan fingerprint density at radius 1 is 0.846 bits per heavy atom. The number of anilines is 1. The number of amides is 1. The van der Waals surface area contributed by atoms with Gasteiger partial charge < -0.3 is 14.8 Å². The van der Waals surface area contributed by atoms with Crippen LogP contribution in [0.4, 0.5) is 5.69 Å². The summed E-state index contributed by atoms with van der Waals surface area (Å²) in [7, 11) is 0. The zero-order valence-corrected chi connectivity index (χ0v) is 26.1. The van der Waals surface area contributed by atoms with Crippen LogP contribution in [0.2, 0.25) is 10.0 Å². The molecule has 0 bridgehead atoms. The first kappa shape index (κ1) is 29.2. The smallest absolute Gasteiger partial charge is 0.266 e. The quantitative estimate of drug-likeness (QED) is 0.105. The van der Waals surface area contributed by atoms with E-state index in [9.17, 15) is 10.1 Å². The lowest BCUT2D eigenvalue weighted by molar-refractivity contribution is -0.112. The van der Waals surface area contributed by atoms with Gasteiger partial charge >= 0.3 is 0 Å². The van der Waals surface area contributed by atoms with Crippen molar-refractivity contribution < 1.29 is 14.3 Å². The summed E-state index contributed by atoms with van der Waals surface area (Å²) in [4.78, 5) is 12.8. The molecule has 0 spiro atoms. The van der Waals surface area contributed by atoms with Crippen LogP contribution < -0.4 is 14.8 Å². The molecule has 196 valence electrons. The zero-order chi connectivity index (χ0) is 27.8. The molecule has 4 rings (SSSR count). The molecule has 0 aliphatic heterocycles. The summed E-state index contributed by atoms with van der Waals surface area (Å²) in [5.41, 5.74) is 3.20. The molecule has 1 N–H and O–H groups in total. The van der Waals surface area contributed by atoms with Crippen LogP contribution >= 0.6 is 68.4 Å². The number of nitriles is 1. The van der Waals surface area contributed by atoms with Crippen molar-refractivity contribution in [2.45, 2.75) is 13.2 Å². The van der Waals surface area contributed by atoms with Gasteiger partial charge in [0.25, 0.3) is 5.91 Å². The fourth-order valence-electron chi connectivity index (χ4n) is 3.47. The highest BCUT2D eigenvalue weighted by Gasteiger charge is 2.13. The van der Waals surface area contributed by atoms with Crippen LogP contribution in [0.15, 0.2) is 90.5 Å². The number of benzene rings is 4. The zero-order valence-electron chi connectivity index (χ0n) is 20.3. The summed E-state index contributed by atoms with van der Waals surface area (Å²) in [6.07, 6.45) is 1.56. The first-order valence-corrected chi connectivity index (χ1v) is 14.5. The molecule has 0 atom stereocenters. The normalized spacial score (nSPS) is 11.0. The van der Waals surface area contributed by atoms with Crippen molar-refractivity contribution >= 4 is 86.1 Å². The van der Waals surface area contributed by atoms with Gasteiger partial charge in [-0.15, -0.1) is 0 Å². The molecule has 0 heterocycles. The first-order chi connectivity index (χ1) is 18.8. The van der Waals surface area contributed by atoms with E-state index in [0.717, 1.165) is 18.3 Å². The van der Waals surface area contributed by atoms with Crippen molar-refractivity contribution in [3.05, 3.63) is 124 Å². The SMILES string of the molecule is N#C/C(=C\c1cc(I)c(OCc2ccc(Cl)c(Cl)c2)c(I)c1)C(=O)Nc1ccc(OCc2ccccc2)cc1. The van der Waals surface area contributed by atoms with E-state index in [-0.39, 0.29) is 5.57 Å². The van der Waals surface area contributed by atoms with Gasteiger partial charge in [-0.2, -0.15) is 5.26 Å². The average molecular weight is 781 g/mol. The highest BCUT2D eigenvalue weighted by Crippen LogP contribution is 2.31. The molecule has 4 aromatic rings. The summed E-state index contributed by atoms with van der Waals surface area (Å²) in [6.45, 7) is 0.769. The van der Waals surface area contributed by atoms with E-state index < -0.39 is 5.91 Å². The maximum atomic E-state index is 12.8. The summed E-state index contributed by atoms with van der Waals surface area (Å²) in [6, 6.07) is 27.9. The summed E-state index contributed by atoms with van der Waals surface area (Å²) < 4.78 is 13.5. The molecule has 0 saturated carbocycles. The third kappa shape index (κ3) is 8.35. The summed E-state index contributed by atoms with van der Waals surface area (Å²) in [5.74, 6) is 0.885. The molecule has 0 fully saturated rings. The Kier molecular flexibility index (Phi) is 10.5. The van der Waals surface area contributed by atoms with E-state index >= 15 is 0 Å². The van der Waals surface area contributed by atoms with E-state index in [0.29, 0.717) is 46.0 Å². The predicted octanol–water partition coefficient (Wildman–Crippen LogP) is 8.91. The van der Waals surface area contributed by atoms with Crippen LogP contribution in [0, 0.1) is 18.5 Å². The maximum Gasteiger partial charge on any atom is 0.266 e. The number of hydrogen-bond acceptors (Lipinski definition) is 4. The Hall–Kier alpha value is -2.78. The average Bonchev–Trinajstić information content (AvgIpc) is 2.93. The second-order valence-electron chi connectivity index (χ2n) is 8.27.